The van der Waals surface area contributed by atoms with Crippen molar-refractivity contribution >= 4 is 17.7 Å². The number of nitrogens with two attached hydrogens (primary N) is 1. The molecule has 0 aliphatic heterocycles. The van der Waals surface area contributed by atoms with Gasteiger partial charge in [-0.15, -0.1) is 0 Å². The summed E-state index contributed by atoms with van der Waals surface area (Å²) in [6, 6.07) is 1.07. The summed E-state index contributed by atoms with van der Waals surface area (Å²) in [6.45, 7) is 3.89. The summed E-state index contributed by atoms with van der Waals surface area (Å²) in [7, 11) is 0. The van der Waals surface area contributed by atoms with Crippen molar-refractivity contribution in [3.05, 3.63) is 23.6 Å². The molecule has 0 unspecified atom stereocenters. The Morgan fingerprint density at radius 2 is 2.16 bits per heavy atom. The van der Waals surface area contributed by atoms with Crippen LogP contribution in [0.3, 0.4) is 0 Å². The molecule has 0 atom stereocenters. The summed E-state index contributed by atoms with van der Waals surface area (Å²) in [6.07, 6.45) is 1.19. The van der Waals surface area contributed by atoms with Crippen molar-refractivity contribution < 1.29 is 19.1 Å². The predicted molar refractivity (Wildman–Crippen MR) is 67.4 cm³/mol. The van der Waals surface area contributed by atoms with E-state index in [4.69, 9.17) is 10.8 Å². The second-order valence-corrected chi connectivity index (χ2v) is 4.54. The SMILES string of the molecule is CC(C)CN(CC(N)=O)c1nccc(C(=O)O)c1F. The molecule has 1 heterocycles. The molecule has 6 nitrogen and oxygen atoms in total. The Kier molecular flexibility index (Phi) is 4.80. The number of anilines is 1. The topological polar surface area (TPSA) is 96.5 Å². The Labute approximate surface area is 110 Å². The van der Waals surface area contributed by atoms with Crippen molar-refractivity contribution in [1.82, 2.24) is 4.98 Å². The van der Waals surface area contributed by atoms with Crippen LogP contribution in [0, 0.1) is 11.7 Å². The molecule has 1 aromatic heterocycles. The van der Waals surface area contributed by atoms with Gasteiger partial charge in [-0.2, -0.15) is 0 Å². The van der Waals surface area contributed by atoms with Gasteiger partial charge >= 0.3 is 5.97 Å². The van der Waals surface area contributed by atoms with Gasteiger partial charge in [0.2, 0.25) is 5.91 Å². The second kappa shape index (κ2) is 6.12. The minimum Gasteiger partial charge on any atom is -0.478 e. The summed E-state index contributed by atoms with van der Waals surface area (Å²) >= 11 is 0. The summed E-state index contributed by atoms with van der Waals surface area (Å²) in [4.78, 5) is 27.0. The number of rotatable bonds is 6. The molecule has 3 N–H and O–H groups in total. The number of nitrogens with zero attached hydrogens (tertiary/aromatic N) is 2. The summed E-state index contributed by atoms with van der Waals surface area (Å²) in [5.74, 6) is -3.02. The van der Waals surface area contributed by atoms with Crippen LogP contribution in [0.1, 0.15) is 24.2 Å². The van der Waals surface area contributed by atoms with E-state index in [1.165, 1.54) is 11.1 Å². The Balaban J connectivity index is 3.18. The third-order valence-corrected chi connectivity index (χ3v) is 2.33. The number of primary amides is 1. The van der Waals surface area contributed by atoms with Crippen LogP contribution in [0.25, 0.3) is 0 Å². The van der Waals surface area contributed by atoms with Crippen molar-refractivity contribution in [2.24, 2.45) is 11.7 Å². The second-order valence-electron chi connectivity index (χ2n) is 4.54. The highest BCUT2D eigenvalue weighted by Gasteiger charge is 2.21. The summed E-state index contributed by atoms with van der Waals surface area (Å²) in [5.41, 5.74) is 4.62. The highest BCUT2D eigenvalue weighted by molar-refractivity contribution is 5.89. The van der Waals surface area contributed by atoms with Crippen LogP contribution in [0.5, 0.6) is 0 Å². The van der Waals surface area contributed by atoms with Gasteiger partial charge in [-0.3, -0.25) is 4.79 Å². The van der Waals surface area contributed by atoms with Crippen molar-refractivity contribution in [1.29, 1.82) is 0 Å². The van der Waals surface area contributed by atoms with Crippen molar-refractivity contribution in [2.45, 2.75) is 13.8 Å². The Morgan fingerprint density at radius 1 is 1.53 bits per heavy atom. The smallest absolute Gasteiger partial charge is 0.338 e. The van der Waals surface area contributed by atoms with Crippen LogP contribution in [-0.4, -0.2) is 35.1 Å². The third kappa shape index (κ3) is 3.90. The average Bonchev–Trinajstić information content (AvgIpc) is 2.26. The number of amides is 1. The number of carbonyl (C=O) groups excluding carboxylic acids is 1. The largest absolute Gasteiger partial charge is 0.478 e. The molecule has 1 rings (SSSR count). The molecule has 1 aromatic rings. The zero-order valence-electron chi connectivity index (χ0n) is 10.8. The minimum atomic E-state index is -1.38. The third-order valence-electron chi connectivity index (χ3n) is 2.33. The summed E-state index contributed by atoms with van der Waals surface area (Å²) < 4.78 is 14.0. The number of hydrogen-bond donors (Lipinski definition) is 2. The molecule has 0 spiro atoms. The molecule has 0 fully saturated rings. The first-order valence-corrected chi connectivity index (χ1v) is 5.74. The van der Waals surface area contributed by atoms with Crippen LogP contribution in [0.2, 0.25) is 0 Å². The molecule has 7 heteroatoms. The number of aromatic nitrogens is 1. The van der Waals surface area contributed by atoms with E-state index < -0.39 is 23.3 Å². The molecule has 0 aromatic carbocycles. The normalized spacial score (nSPS) is 10.5. The van der Waals surface area contributed by atoms with Crippen molar-refractivity contribution in [2.75, 3.05) is 18.0 Å². The monoisotopic (exact) mass is 269 g/mol. The maximum Gasteiger partial charge on any atom is 0.338 e. The van der Waals surface area contributed by atoms with E-state index in [9.17, 15) is 14.0 Å². The molecular weight excluding hydrogens is 253 g/mol. The molecule has 0 aliphatic rings. The van der Waals surface area contributed by atoms with E-state index in [1.54, 1.807) is 0 Å². The molecule has 0 saturated heterocycles. The van der Waals surface area contributed by atoms with Crippen LogP contribution in [0.15, 0.2) is 12.3 Å². The fraction of sp³-hybridized carbons (Fsp3) is 0.417. The zero-order chi connectivity index (χ0) is 14.6. The molecule has 0 saturated carbocycles. The van der Waals surface area contributed by atoms with Crippen LogP contribution < -0.4 is 10.6 Å². The highest BCUT2D eigenvalue weighted by atomic mass is 19.1. The van der Waals surface area contributed by atoms with E-state index in [-0.39, 0.29) is 18.3 Å². The number of carboxylic acids is 1. The lowest BCUT2D eigenvalue weighted by molar-refractivity contribution is -0.116. The van der Waals surface area contributed by atoms with Crippen LogP contribution in [-0.2, 0) is 4.79 Å². The lowest BCUT2D eigenvalue weighted by Crippen LogP contribution is -2.37. The van der Waals surface area contributed by atoms with Gasteiger partial charge in [0.1, 0.15) is 5.56 Å². The number of pyridine rings is 1. The van der Waals surface area contributed by atoms with E-state index in [0.29, 0.717) is 6.54 Å². The first-order valence-electron chi connectivity index (χ1n) is 5.74. The van der Waals surface area contributed by atoms with Gasteiger partial charge in [0.25, 0.3) is 0 Å². The first kappa shape index (κ1) is 14.9. The highest BCUT2D eigenvalue weighted by Crippen LogP contribution is 2.20. The average molecular weight is 269 g/mol. The van der Waals surface area contributed by atoms with Crippen LogP contribution >= 0.6 is 0 Å². The van der Waals surface area contributed by atoms with Crippen molar-refractivity contribution in [3.8, 4) is 0 Å². The van der Waals surface area contributed by atoms with E-state index >= 15 is 0 Å². The fourth-order valence-electron chi connectivity index (χ4n) is 1.67. The van der Waals surface area contributed by atoms with Crippen LogP contribution in [0.4, 0.5) is 10.2 Å². The molecule has 0 radical (unpaired) electrons. The standard InChI is InChI=1S/C12H16FN3O3/c1-7(2)5-16(6-9(14)17)11-10(13)8(12(18)19)3-4-15-11/h3-4,7H,5-6H2,1-2H3,(H2,14,17)(H,18,19). The minimum absolute atomic E-state index is 0.133. The quantitative estimate of drug-likeness (QED) is 0.798. The first-order chi connectivity index (χ1) is 8.82. The lowest BCUT2D eigenvalue weighted by atomic mass is 10.2. The lowest BCUT2D eigenvalue weighted by Gasteiger charge is -2.24. The van der Waals surface area contributed by atoms with Gasteiger partial charge in [0, 0.05) is 12.7 Å². The number of aromatic carboxylic acids is 1. The molecule has 0 aliphatic carbocycles. The van der Waals surface area contributed by atoms with Crippen molar-refractivity contribution in [3.63, 3.8) is 0 Å². The van der Waals surface area contributed by atoms with Gasteiger partial charge in [0.05, 0.1) is 6.54 Å². The molecular formula is C12H16FN3O3. The number of carbonyl (C=O) groups is 2. The number of carboxylic acid groups (broad SMARTS) is 1. The fourth-order valence-corrected chi connectivity index (χ4v) is 1.67. The summed E-state index contributed by atoms with van der Waals surface area (Å²) in [5, 5.41) is 8.86. The van der Waals surface area contributed by atoms with E-state index in [1.807, 2.05) is 13.8 Å². The number of halogens is 1. The maximum atomic E-state index is 14.0. The van der Waals surface area contributed by atoms with Gasteiger partial charge in [-0.25, -0.2) is 14.2 Å². The molecule has 0 bridgehead atoms. The molecule has 19 heavy (non-hydrogen) atoms. The molecule has 104 valence electrons. The van der Waals surface area contributed by atoms with Gasteiger partial charge < -0.3 is 15.7 Å². The zero-order valence-corrected chi connectivity index (χ0v) is 10.8. The van der Waals surface area contributed by atoms with Gasteiger partial charge in [0.15, 0.2) is 11.6 Å². The Morgan fingerprint density at radius 3 is 2.63 bits per heavy atom. The number of hydrogen-bond acceptors (Lipinski definition) is 4. The van der Waals surface area contributed by atoms with E-state index in [0.717, 1.165) is 6.07 Å². The predicted octanol–water partition coefficient (Wildman–Crippen LogP) is 0.867. The van der Waals surface area contributed by atoms with E-state index in [2.05, 4.69) is 4.98 Å². The Bertz CT molecular complexity index is 491. The van der Waals surface area contributed by atoms with Gasteiger partial charge in [-0.1, -0.05) is 13.8 Å². The maximum absolute atomic E-state index is 14.0. The Hall–Kier alpha value is -2.18. The van der Waals surface area contributed by atoms with Gasteiger partial charge in [-0.05, 0) is 12.0 Å². The molecule has 1 amide bonds.